The van der Waals surface area contributed by atoms with Gasteiger partial charge in [-0.2, -0.15) is 0 Å². The topological polar surface area (TPSA) is 29.1 Å². The average Bonchev–Trinajstić information content (AvgIpc) is 2.15. The summed E-state index contributed by atoms with van der Waals surface area (Å²) in [7, 11) is 0. The molecule has 13 heavy (non-hydrogen) atoms. The van der Waals surface area contributed by atoms with Crippen LogP contribution >= 0.6 is 0 Å². The van der Waals surface area contributed by atoms with E-state index in [1.807, 2.05) is 12.1 Å². The van der Waals surface area contributed by atoms with Gasteiger partial charge in [0.15, 0.2) is 0 Å². The molecule has 0 aliphatic rings. The molecule has 0 bridgehead atoms. The lowest BCUT2D eigenvalue weighted by Crippen LogP contribution is -2.18. The Morgan fingerprint density at radius 2 is 1.85 bits per heavy atom. The van der Waals surface area contributed by atoms with Crippen molar-refractivity contribution in [1.82, 2.24) is 5.32 Å². The van der Waals surface area contributed by atoms with E-state index in [1.54, 1.807) is 12.1 Å². The van der Waals surface area contributed by atoms with Gasteiger partial charge in [0.25, 0.3) is 0 Å². The van der Waals surface area contributed by atoms with Crippen LogP contribution in [0.25, 0.3) is 0 Å². The number of carbonyl (C=O) groups is 1. The Morgan fingerprint density at radius 1 is 1.31 bits per heavy atom. The van der Waals surface area contributed by atoms with Gasteiger partial charge in [-0.3, -0.25) is 4.79 Å². The Balaban J connectivity index is 2.54. The fourth-order valence-corrected chi connectivity index (χ4v) is 0.973. The highest BCUT2D eigenvalue weighted by Crippen LogP contribution is 2.05. The largest absolute Gasteiger partial charge is 0.352 e. The maximum atomic E-state index is 12.1. The molecule has 0 saturated carbocycles. The summed E-state index contributed by atoms with van der Waals surface area (Å²) in [5.41, 5.74) is 1.64. The van der Waals surface area contributed by atoms with Gasteiger partial charge in [-0.05, 0) is 11.1 Å². The molecule has 1 N–H and O–H groups in total. The van der Waals surface area contributed by atoms with Gasteiger partial charge in [0, 0.05) is 13.5 Å². The number of nitrogens with one attached hydrogen (secondary N) is 1. The van der Waals surface area contributed by atoms with E-state index < -0.39 is 6.67 Å². The van der Waals surface area contributed by atoms with E-state index >= 15 is 0 Å². The first-order valence-electron chi connectivity index (χ1n) is 4.10. The Bertz CT molecular complexity index is 281. The second-order valence-corrected chi connectivity index (χ2v) is 2.86. The van der Waals surface area contributed by atoms with E-state index in [0.29, 0.717) is 12.1 Å². The Morgan fingerprint density at radius 3 is 2.31 bits per heavy atom. The quantitative estimate of drug-likeness (QED) is 0.756. The van der Waals surface area contributed by atoms with Crippen molar-refractivity contribution >= 4 is 5.91 Å². The van der Waals surface area contributed by atoms with Crippen LogP contribution in [-0.2, 0) is 18.0 Å². The number of halogens is 1. The predicted molar refractivity (Wildman–Crippen MR) is 48.8 cm³/mol. The van der Waals surface area contributed by atoms with Gasteiger partial charge in [-0.1, -0.05) is 24.3 Å². The highest BCUT2D eigenvalue weighted by Gasteiger charge is 1.95. The molecule has 1 aromatic rings. The van der Waals surface area contributed by atoms with E-state index in [-0.39, 0.29) is 5.91 Å². The van der Waals surface area contributed by atoms with Gasteiger partial charge < -0.3 is 5.32 Å². The summed E-state index contributed by atoms with van der Waals surface area (Å²) in [5, 5.41) is 2.67. The standard InChI is InChI=1S/C10H12FNO/c1-8(13)12-7-10-4-2-9(6-11)3-5-10/h2-5H,6-7H2,1H3,(H,12,13). The van der Waals surface area contributed by atoms with E-state index in [4.69, 9.17) is 0 Å². The molecule has 70 valence electrons. The number of benzene rings is 1. The molecular weight excluding hydrogens is 169 g/mol. The lowest BCUT2D eigenvalue weighted by Gasteiger charge is -2.02. The maximum absolute atomic E-state index is 12.1. The van der Waals surface area contributed by atoms with Crippen LogP contribution in [0.1, 0.15) is 18.1 Å². The molecule has 0 aliphatic carbocycles. The minimum Gasteiger partial charge on any atom is -0.352 e. The first-order chi connectivity index (χ1) is 6.22. The third-order valence-electron chi connectivity index (χ3n) is 1.72. The lowest BCUT2D eigenvalue weighted by atomic mass is 10.1. The van der Waals surface area contributed by atoms with Crippen LogP contribution in [0, 0.1) is 0 Å². The highest BCUT2D eigenvalue weighted by atomic mass is 19.1. The molecule has 1 aromatic carbocycles. The normalized spacial score (nSPS) is 9.69. The molecule has 0 atom stereocenters. The van der Waals surface area contributed by atoms with Crippen molar-refractivity contribution in [3.05, 3.63) is 35.4 Å². The smallest absolute Gasteiger partial charge is 0.217 e. The Labute approximate surface area is 76.8 Å². The van der Waals surface area contributed by atoms with Crippen LogP contribution in [-0.4, -0.2) is 5.91 Å². The zero-order chi connectivity index (χ0) is 9.68. The number of carbonyl (C=O) groups excluding carboxylic acids is 1. The molecule has 0 spiro atoms. The number of rotatable bonds is 3. The molecule has 0 aromatic heterocycles. The fraction of sp³-hybridized carbons (Fsp3) is 0.300. The zero-order valence-corrected chi connectivity index (χ0v) is 7.51. The molecule has 0 radical (unpaired) electrons. The molecule has 0 unspecified atom stereocenters. The number of alkyl halides is 1. The number of hydrogen-bond donors (Lipinski definition) is 1. The van der Waals surface area contributed by atoms with Crippen molar-refractivity contribution in [3.8, 4) is 0 Å². The first-order valence-corrected chi connectivity index (χ1v) is 4.10. The summed E-state index contributed by atoms with van der Waals surface area (Å²) >= 11 is 0. The van der Waals surface area contributed by atoms with E-state index in [0.717, 1.165) is 5.56 Å². The van der Waals surface area contributed by atoms with Gasteiger partial charge in [0.1, 0.15) is 6.67 Å². The SMILES string of the molecule is CC(=O)NCc1ccc(CF)cc1. The summed E-state index contributed by atoms with van der Waals surface area (Å²) in [4.78, 5) is 10.6. The van der Waals surface area contributed by atoms with Crippen molar-refractivity contribution in [2.45, 2.75) is 20.1 Å². The molecule has 0 saturated heterocycles. The summed E-state index contributed by atoms with van der Waals surface area (Å²) in [6.07, 6.45) is 0. The fourth-order valence-electron chi connectivity index (χ4n) is 0.973. The van der Waals surface area contributed by atoms with Crippen LogP contribution in [0.4, 0.5) is 4.39 Å². The molecule has 1 rings (SSSR count). The molecule has 2 nitrogen and oxygen atoms in total. The first kappa shape index (κ1) is 9.71. The number of amides is 1. The van der Waals surface area contributed by atoms with Gasteiger partial charge in [0.05, 0.1) is 0 Å². The minimum absolute atomic E-state index is 0.0606. The van der Waals surface area contributed by atoms with Crippen LogP contribution in [0.15, 0.2) is 24.3 Å². The van der Waals surface area contributed by atoms with Crippen molar-refractivity contribution in [3.63, 3.8) is 0 Å². The minimum atomic E-state index is -0.444. The third kappa shape index (κ3) is 3.23. The molecule has 1 amide bonds. The molecule has 0 heterocycles. The summed E-state index contributed by atoms with van der Waals surface area (Å²) in [6, 6.07) is 7.06. The van der Waals surface area contributed by atoms with Gasteiger partial charge >= 0.3 is 0 Å². The number of hydrogen-bond acceptors (Lipinski definition) is 1. The lowest BCUT2D eigenvalue weighted by molar-refractivity contribution is -0.119. The molecular formula is C10H12FNO. The molecule has 0 fully saturated rings. The van der Waals surface area contributed by atoms with E-state index in [9.17, 15) is 9.18 Å². The third-order valence-corrected chi connectivity index (χ3v) is 1.72. The Hall–Kier alpha value is -1.38. The second kappa shape index (κ2) is 4.60. The summed E-state index contributed by atoms with van der Waals surface area (Å²) in [5.74, 6) is -0.0606. The van der Waals surface area contributed by atoms with Crippen molar-refractivity contribution in [1.29, 1.82) is 0 Å². The van der Waals surface area contributed by atoms with Crippen LogP contribution in [0.3, 0.4) is 0 Å². The van der Waals surface area contributed by atoms with Crippen LogP contribution in [0.2, 0.25) is 0 Å². The predicted octanol–water partition coefficient (Wildman–Crippen LogP) is 1.79. The van der Waals surface area contributed by atoms with Crippen LogP contribution < -0.4 is 5.32 Å². The van der Waals surface area contributed by atoms with Crippen molar-refractivity contribution in [2.75, 3.05) is 0 Å². The summed E-state index contributed by atoms with van der Waals surface area (Å²) < 4.78 is 12.1. The molecule has 0 aliphatic heterocycles. The Kier molecular flexibility index (Phi) is 3.43. The van der Waals surface area contributed by atoms with E-state index in [1.165, 1.54) is 6.92 Å². The summed E-state index contributed by atoms with van der Waals surface area (Å²) in [6.45, 7) is 1.53. The molecule has 3 heteroatoms. The zero-order valence-electron chi connectivity index (χ0n) is 7.51. The van der Waals surface area contributed by atoms with Gasteiger partial charge in [-0.25, -0.2) is 4.39 Å². The monoisotopic (exact) mass is 181 g/mol. The van der Waals surface area contributed by atoms with E-state index in [2.05, 4.69) is 5.32 Å². The highest BCUT2D eigenvalue weighted by molar-refractivity contribution is 5.72. The van der Waals surface area contributed by atoms with Crippen molar-refractivity contribution in [2.24, 2.45) is 0 Å². The van der Waals surface area contributed by atoms with Crippen molar-refractivity contribution < 1.29 is 9.18 Å². The van der Waals surface area contributed by atoms with Gasteiger partial charge in [-0.15, -0.1) is 0 Å². The second-order valence-electron chi connectivity index (χ2n) is 2.86. The van der Waals surface area contributed by atoms with Gasteiger partial charge in [0.2, 0.25) is 5.91 Å². The average molecular weight is 181 g/mol. The van der Waals surface area contributed by atoms with Crippen LogP contribution in [0.5, 0.6) is 0 Å². The maximum Gasteiger partial charge on any atom is 0.217 e.